The van der Waals surface area contributed by atoms with Gasteiger partial charge in [-0.25, -0.2) is 17.5 Å². The van der Waals surface area contributed by atoms with Gasteiger partial charge in [-0.15, -0.1) is 0 Å². The van der Waals surface area contributed by atoms with Crippen LogP contribution in [0, 0.1) is 11.7 Å². The van der Waals surface area contributed by atoms with Gasteiger partial charge in [0.2, 0.25) is 10.0 Å². The van der Waals surface area contributed by atoms with Gasteiger partial charge in [0.1, 0.15) is 5.82 Å². The monoisotopic (exact) mass is 315 g/mol. The fourth-order valence-corrected chi connectivity index (χ4v) is 4.11. The molecule has 1 heterocycles. The summed E-state index contributed by atoms with van der Waals surface area (Å²) in [5.41, 5.74) is 5.50. The number of piperidine rings is 1. The first-order valence-corrected chi connectivity index (χ1v) is 8.58. The van der Waals surface area contributed by atoms with E-state index in [2.05, 4.69) is 9.62 Å². The number of nitrogens with one attached hydrogen (secondary N) is 1. The number of hydrogen-bond acceptors (Lipinski definition) is 4. The highest BCUT2D eigenvalue weighted by molar-refractivity contribution is 7.89. The molecule has 1 aliphatic rings. The third-order valence-electron chi connectivity index (χ3n) is 3.85. The highest BCUT2D eigenvalue weighted by Crippen LogP contribution is 2.19. The smallest absolute Gasteiger partial charge is 0.241 e. The number of nitrogens with two attached hydrogens (primary N) is 1. The van der Waals surface area contributed by atoms with Gasteiger partial charge in [-0.2, -0.15) is 0 Å². The van der Waals surface area contributed by atoms with Gasteiger partial charge in [0.05, 0.1) is 4.90 Å². The van der Waals surface area contributed by atoms with Gasteiger partial charge < -0.3 is 10.6 Å². The Labute approximate surface area is 125 Å². The summed E-state index contributed by atoms with van der Waals surface area (Å²) in [6.45, 7) is 2.14. The topological polar surface area (TPSA) is 75.4 Å². The number of likely N-dealkylation sites (tertiary alicyclic amines) is 1. The zero-order valence-corrected chi connectivity index (χ0v) is 13.0. The van der Waals surface area contributed by atoms with Crippen molar-refractivity contribution in [1.82, 2.24) is 9.62 Å². The van der Waals surface area contributed by atoms with Gasteiger partial charge in [0.15, 0.2) is 0 Å². The molecule has 0 bridgehead atoms. The second-order valence-electron chi connectivity index (χ2n) is 5.54. The molecule has 0 spiro atoms. The van der Waals surface area contributed by atoms with Crippen LogP contribution in [0.15, 0.2) is 23.1 Å². The molecule has 1 atom stereocenters. The maximum atomic E-state index is 13.6. The summed E-state index contributed by atoms with van der Waals surface area (Å²) in [6, 6.07) is 4.00. The van der Waals surface area contributed by atoms with Crippen LogP contribution in [0.2, 0.25) is 0 Å². The van der Waals surface area contributed by atoms with Crippen LogP contribution in [0.1, 0.15) is 18.4 Å². The van der Waals surface area contributed by atoms with Crippen LogP contribution in [0.3, 0.4) is 0 Å². The SMILES string of the molecule is CN1CCCC(CNS(=O)(=O)c2cccc(F)c2CN)C1. The lowest BCUT2D eigenvalue weighted by Crippen LogP contribution is -2.39. The maximum Gasteiger partial charge on any atom is 0.241 e. The Morgan fingerprint density at radius 3 is 2.90 bits per heavy atom. The molecule has 0 amide bonds. The zero-order chi connectivity index (χ0) is 15.5. The fourth-order valence-electron chi connectivity index (χ4n) is 2.73. The van der Waals surface area contributed by atoms with Crippen molar-refractivity contribution < 1.29 is 12.8 Å². The predicted octanol–water partition coefficient (Wildman–Crippen LogP) is 0.905. The average Bonchev–Trinajstić information content (AvgIpc) is 2.45. The molecule has 0 radical (unpaired) electrons. The molecule has 1 unspecified atom stereocenters. The van der Waals surface area contributed by atoms with E-state index in [4.69, 9.17) is 5.73 Å². The molecule has 0 aromatic heterocycles. The van der Waals surface area contributed by atoms with Crippen molar-refractivity contribution in [1.29, 1.82) is 0 Å². The minimum atomic E-state index is -3.73. The van der Waals surface area contributed by atoms with E-state index < -0.39 is 15.8 Å². The lowest BCUT2D eigenvalue weighted by atomic mass is 9.99. The Hall–Kier alpha value is -1.02. The second kappa shape index (κ2) is 6.83. The molecule has 118 valence electrons. The summed E-state index contributed by atoms with van der Waals surface area (Å²) in [5.74, 6) is -0.300. The lowest BCUT2D eigenvalue weighted by molar-refractivity contribution is 0.211. The van der Waals surface area contributed by atoms with Crippen molar-refractivity contribution in [2.24, 2.45) is 11.7 Å². The van der Waals surface area contributed by atoms with Crippen LogP contribution in [-0.2, 0) is 16.6 Å². The van der Waals surface area contributed by atoms with E-state index in [1.54, 1.807) is 0 Å². The predicted molar refractivity (Wildman–Crippen MR) is 79.7 cm³/mol. The van der Waals surface area contributed by atoms with Crippen molar-refractivity contribution in [3.05, 3.63) is 29.6 Å². The summed E-state index contributed by atoms with van der Waals surface area (Å²) < 4.78 is 40.9. The van der Waals surface area contributed by atoms with Gasteiger partial charge in [-0.1, -0.05) is 6.07 Å². The molecule has 1 aromatic carbocycles. The molecular formula is C14H22FN3O2S. The van der Waals surface area contributed by atoms with Gasteiger partial charge in [0, 0.05) is 25.2 Å². The molecular weight excluding hydrogens is 293 g/mol. The minimum absolute atomic E-state index is 0.0331. The number of nitrogens with zero attached hydrogens (tertiary/aromatic N) is 1. The van der Waals surface area contributed by atoms with Gasteiger partial charge in [-0.3, -0.25) is 0 Å². The Morgan fingerprint density at radius 1 is 1.48 bits per heavy atom. The van der Waals surface area contributed by atoms with Crippen LogP contribution < -0.4 is 10.5 Å². The average molecular weight is 315 g/mol. The van der Waals surface area contributed by atoms with Crippen molar-refractivity contribution >= 4 is 10.0 Å². The van der Waals surface area contributed by atoms with Crippen molar-refractivity contribution in [3.8, 4) is 0 Å². The number of benzene rings is 1. The largest absolute Gasteiger partial charge is 0.326 e. The Kier molecular flexibility index (Phi) is 5.32. The molecule has 7 heteroatoms. The van der Waals surface area contributed by atoms with Crippen LogP contribution >= 0.6 is 0 Å². The molecule has 1 fully saturated rings. The quantitative estimate of drug-likeness (QED) is 0.847. The van der Waals surface area contributed by atoms with Gasteiger partial charge in [0.25, 0.3) is 0 Å². The molecule has 1 aromatic rings. The van der Waals surface area contributed by atoms with E-state index >= 15 is 0 Å². The van der Waals surface area contributed by atoms with E-state index in [0.29, 0.717) is 6.54 Å². The first kappa shape index (κ1) is 16.4. The van der Waals surface area contributed by atoms with E-state index in [0.717, 1.165) is 25.9 Å². The number of hydrogen-bond donors (Lipinski definition) is 2. The molecule has 1 saturated heterocycles. The standard InChI is InChI=1S/C14H22FN3O2S/c1-18-7-3-4-11(10-18)9-17-21(19,20)14-6-2-5-13(15)12(14)8-16/h2,5-6,11,17H,3-4,7-10,16H2,1H3. The van der Waals surface area contributed by atoms with E-state index in [1.165, 1.54) is 18.2 Å². The van der Waals surface area contributed by atoms with E-state index in [9.17, 15) is 12.8 Å². The molecule has 2 rings (SSSR count). The molecule has 0 aliphatic carbocycles. The minimum Gasteiger partial charge on any atom is -0.326 e. The number of halogens is 1. The van der Waals surface area contributed by atoms with E-state index in [-0.39, 0.29) is 22.9 Å². The summed E-state index contributed by atoms with van der Waals surface area (Å²) in [4.78, 5) is 2.13. The maximum absolute atomic E-state index is 13.6. The van der Waals surface area contributed by atoms with Crippen LogP contribution in [0.25, 0.3) is 0 Å². The molecule has 21 heavy (non-hydrogen) atoms. The normalized spacial score (nSPS) is 20.6. The first-order chi connectivity index (χ1) is 9.94. The Morgan fingerprint density at radius 2 is 2.24 bits per heavy atom. The summed E-state index contributed by atoms with van der Waals surface area (Å²) in [6.07, 6.45) is 2.07. The molecule has 0 saturated carbocycles. The fraction of sp³-hybridized carbons (Fsp3) is 0.571. The van der Waals surface area contributed by atoms with Crippen molar-refractivity contribution in [3.63, 3.8) is 0 Å². The second-order valence-corrected chi connectivity index (χ2v) is 7.28. The Bertz CT molecular complexity index is 592. The summed E-state index contributed by atoms with van der Waals surface area (Å²) >= 11 is 0. The summed E-state index contributed by atoms with van der Waals surface area (Å²) in [5, 5.41) is 0. The first-order valence-electron chi connectivity index (χ1n) is 7.09. The van der Waals surface area contributed by atoms with Gasteiger partial charge >= 0.3 is 0 Å². The summed E-state index contributed by atoms with van der Waals surface area (Å²) in [7, 11) is -1.70. The molecule has 1 aliphatic heterocycles. The van der Waals surface area contributed by atoms with Crippen LogP contribution in [-0.4, -0.2) is 40.0 Å². The van der Waals surface area contributed by atoms with Gasteiger partial charge in [-0.05, 0) is 44.5 Å². The molecule has 5 nitrogen and oxygen atoms in total. The van der Waals surface area contributed by atoms with Crippen molar-refractivity contribution in [2.45, 2.75) is 24.3 Å². The van der Waals surface area contributed by atoms with E-state index in [1.807, 2.05) is 7.05 Å². The zero-order valence-electron chi connectivity index (χ0n) is 12.2. The highest BCUT2D eigenvalue weighted by atomic mass is 32.2. The van der Waals surface area contributed by atoms with Crippen LogP contribution in [0.5, 0.6) is 0 Å². The molecule has 3 N–H and O–H groups in total. The number of sulfonamides is 1. The van der Waals surface area contributed by atoms with Crippen LogP contribution in [0.4, 0.5) is 4.39 Å². The third-order valence-corrected chi connectivity index (χ3v) is 5.36. The van der Waals surface area contributed by atoms with Crippen molar-refractivity contribution in [2.75, 3.05) is 26.7 Å². The third kappa shape index (κ3) is 4.00. The Balaban J connectivity index is 2.10. The lowest BCUT2D eigenvalue weighted by Gasteiger charge is -2.29. The number of rotatable bonds is 5. The highest BCUT2D eigenvalue weighted by Gasteiger charge is 2.23.